The number of nitrogens with zero attached hydrogens (tertiary/aromatic N) is 3. The third-order valence-electron chi connectivity index (χ3n) is 12.1. The van der Waals surface area contributed by atoms with Gasteiger partial charge in [0.1, 0.15) is 29.5 Å². The SMILES string of the molecule is COc1ccc2nc(O[C@@H]3C[C@H]4C(=O)N[C@]5(C(=O)NS(=O)(=O)C6(C)CC6)C[C@H]5/C=C/CCCCC[C@H](NC(=O)OC5(C(F)(F)F)CCC5)C(=O)N4C3)c(C(F)(F)F)nc2c1. The number of allylic oxidation sites excluding steroid dienone is 1. The van der Waals surface area contributed by atoms with Crippen molar-refractivity contribution < 1.29 is 68.1 Å². The number of fused-ring (bicyclic) bond motifs is 3. The average molecular weight is 875 g/mol. The Balaban J connectivity index is 1.21. The molecular formula is C38H44F6N6O9S. The molecule has 4 amide bonds. The van der Waals surface area contributed by atoms with Crippen LogP contribution in [0.15, 0.2) is 30.4 Å². The van der Waals surface area contributed by atoms with Gasteiger partial charge in [-0.2, -0.15) is 26.3 Å². The molecule has 3 aliphatic carbocycles. The van der Waals surface area contributed by atoms with Gasteiger partial charge >= 0.3 is 18.4 Å². The van der Waals surface area contributed by atoms with Gasteiger partial charge in [0.25, 0.3) is 5.91 Å². The number of hydrogen-bond acceptors (Lipinski definition) is 11. The fourth-order valence-corrected chi connectivity index (χ4v) is 9.12. The van der Waals surface area contributed by atoms with Gasteiger partial charge in [-0.15, -0.1) is 0 Å². The second-order valence-electron chi connectivity index (χ2n) is 16.4. The van der Waals surface area contributed by atoms with Crippen LogP contribution in [0.4, 0.5) is 31.1 Å². The standard InChI is InChI=1S/C38H44F6N6O9S/c1-34(15-16-34)60(55,56)49-32(53)36-19-21(36)9-6-4-3-5-7-10-25(47-33(54)59-35(13-8-14-35)38(42,43)44)31(52)50-20-23(18-27(50)29(51)48-36)58-30-28(37(39,40)41)45-26-17-22(57-2)11-12-24(26)46-30/h6,9,11-12,17,21,23,25,27H,3-5,7-8,10,13-16,18-20H2,1-2H3,(H,47,54)(H,48,51)(H,49,53)/b9-6+/t21-,23-,25+,27+,36-/m1/s1. The summed E-state index contributed by atoms with van der Waals surface area (Å²) in [5, 5.41) is 4.87. The number of rotatable bonds is 8. The summed E-state index contributed by atoms with van der Waals surface area (Å²) in [6.07, 6.45) is -8.48. The molecule has 3 saturated carbocycles. The monoisotopic (exact) mass is 874 g/mol. The molecule has 22 heteroatoms. The Hall–Kier alpha value is -4.89. The normalized spacial score (nSPS) is 28.4. The summed E-state index contributed by atoms with van der Waals surface area (Å²) in [6.45, 7) is 0.893. The molecule has 7 rings (SSSR count). The molecule has 60 heavy (non-hydrogen) atoms. The lowest BCUT2D eigenvalue weighted by atomic mass is 9.79. The first-order chi connectivity index (χ1) is 28.1. The van der Waals surface area contributed by atoms with E-state index in [-0.39, 0.29) is 42.5 Å². The van der Waals surface area contributed by atoms with Crippen LogP contribution >= 0.6 is 0 Å². The first-order valence-corrected chi connectivity index (χ1v) is 21.1. The number of carbonyl (C=O) groups is 4. The molecule has 1 aromatic carbocycles. The van der Waals surface area contributed by atoms with E-state index < -0.39 is 124 Å². The zero-order chi connectivity index (χ0) is 43.5. The first-order valence-electron chi connectivity index (χ1n) is 19.6. The molecule has 328 valence electrons. The largest absolute Gasteiger partial charge is 0.497 e. The van der Waals surface area contributed by atoms with E-state index in [0.29, 0.717) is 32.1 Å². The summed E-state index contributed by atoms with van der Waals surface area (Å²) in [4.78, 5) is 64.4. The average Bonchev–Trinajstić information content (AvgIpc) is 4.03. The lowest BCUT2D eigenvalue weighted by Crippen LogP contribution is -2.59. The van der Waals surface area contributed by atoms with Gasteiger partial charge in [0, 0.05) is 18.4 Å². The summed E-state index contributed by atoms with van der Waals surface area (Å²) in [5.74, 6) is -4.42. The second kappa shape index (κ2) is 15.5. The van der Waals surface area contributed by atoms with E-state index in [1.165, 1.54) is 32.2 Å². The molecule has 2 aromatic rings. The number of amides is 4. The van der Waals surface area contributed by atoms with E-state index in [2.05, 4.69) is 25.3 Å². The van der Waals surface area contributed by atoms with Crippen molar-refractivity contribution in [1.82, 2.24) is 30.2 Å². The van der Waals surface area contributed by atoms with Gasteiger partial charge in [-0.1, -0.05) is 25.0 Å². The smallest absolute Gasteiger partial charge is 0.438 e. The number of ether oxygens (including phenoxy) is 3. The number of aromatic nitrogens is 2. The quantitative estimate of drug-likeness (QED) is 0.239. The van der Waals surface area contributed by atoms with Crippen LogP contribution in [0.3, 0.4) is 0 Å². The number of nitrogens with one attached hydrogen (secondary N) is 3. The van der Waals surface area contributed by atoms with Crippen LogP contribution in [0.25, 0.3) is 11.0 Å². The molecule has 1 saturated heterocycles. The molecule has 3 heterocycles. The van der Waals surface area contributed by atoms with Crippen LogP contribution in [-0.2, 0) is 35.3 Å². The first kappa shape index (κ1) is 43.2. The maximum Gasteiger partial charge on any atom is 0.438 e. The summed E-state index contributed by atoms with van der Waals surface area (Å²) in [5.41, 5.74) is -6.24. The van der Waals surface area contributed by atoms with E-state index in [1.807, 2.05) is 0 Å². The number of sulfonamides is 1. The predicted molar refractivity (Wildman–Crippen MR) is 198 cm³/mol. The molecule has 15 nitrogen and oxygen atoms in total. The van der Waals surface area contributed by atoms with Crippen molar-refractivity contribution in [2.45, 2.75) is 130 Å². The molecule has 0 unspecified atom stereocenters. The van der Waals surface area contributed by atoms with Gasteiger partial charge < -0.3 is 29.7 Å². The highest BCUT2D eigenvalue weighted by molar-refractivity contribution is 7.91. The summed E-state index contributed by atoms with van der Waals surface area (Å²) in [7, 11) is -2.86. The van der Waals surface area contributed by atoms with Crippen LogP contribution < -0.4 is 24.8 Å². The minimum Gasteiger partial charge on any atom is -0.497 e. The molecule has 0 spiro atoms. The topological polar surface area (TPSA) is 195 Å². The van der Waals surface area contributed by atoms with Crippen molar-refractivity contribution in [3.05, 3.63) is 36.0 Å². The molecule has 0 radical (unpaired) electrons. The zero-order valence-corrected chi connectivity index (χ0v) is 33.4. The second-order valence-corrected chi connectivity index (χ2v) is 18.6. The molecule has 3 N–H and O–H groups in total. The zero-order valence-electron chi connectivity index (χ0n) is 32.6. The number of halogens is 6. The van der Waals surface area contributed by atoms with Gasteiger partial charge in [-0.05, 0) is 76.8 Å². The molecule has 0 bridgehead atoms. The fraction of sp³-hybridized carbons (Fsp3) is 0.632. The Morgan fingerprint density at radius 3 is 2.35 bits per heavy atom. The van der Waals surface area contributed by atoms with Gasteiger partial charge in [-0.25, -0.2) is 23.2 Å². The maximum absolute atomic E-state index is 14.5. The Morgan fingerprint density at radius 2 is 1.72 bits per heavy atom. The van der Waals surface area contributed by atoms with Gasteiger partial charge in [0.05, 0.1) is 29.4 Å². The highest BCUT2D eigenvalue weighted by atomic mass is 32.2. The van der Waals surface area contributed by atoms with Crippen LogP contribution in [0, 0.1) is 5.92 Å². The predicted octanol–water partition coefficient (Wildman–Crippen LogP) is 4.98. The van der Waals surface area contributed by atoms with Crippen molar-refractivity contribution in [2.75, 3.05) is 13.7 Å². The molecule has 1 aromatic heterocycles. The van der Waals surface area contributed by atoms with E-state index in [4.69, 9.17) is 14.2 Å². The number of methoxy groups -OCH3 is 1. The number of hydrogen-bond donors (Lipinski definition) is 3. The molecule has 2 aliphatic heterocycles. The van der Waals surface area contributed by atoms with Crippen molar-refractivity contribution in [2.24, 2.45) is 5.92 Å². The number of benzene rings is 1. The number of alkyl halides is 6. The van der Waals surface area contributed by atoms with Crippen LogP contribution in [0.2, 0.25) is 0 Å². The Bertz CT molecular complexity index is 2200. The molecule has 5 atom stereocenters. The maximum atomic E-state index is 14.5. The highest BCUT2D eigenvalue weighted by Gasteiger charge is 2.64. The van der Waals surface area contributed by atoms with Crippen molar-refractivity contribution in [3.63, 3.8) is 0 Å². The molecule has 5 aliphatic rings. The van der Waals surface area contributed by atoms with Crippen LogP contribution in [-0.4, -0.2) is 101 Å². The number of alkyl carbamates (subject to hydrolysis) is 1. The third kappa shape index (κ3) is 8.39. The fourth-order valence-electron chi connectivity index (χ4n) is 7.81. The minimum absolute atomic E-state index is 0.0119. The van der Waals surface area contributed by atoms with Crippen LogP contribution in [0.1, 0.15) is 89.7 Å². The Morgan fingerprint density at radius 1 is 0.983 bits per heavy atom. The summed E-state index contributed by atoms with van der Waals surface area (Å²) in [6, 6.07) is 0.861. The lowest BCUT2D eigenvalue weighted by Gasteiger charge is -2.42. The van der Waals surface area contributed by atoms with Crippen LogP contribution in [0.5, 0.6) is 11.6 Å². The van der Waals surface area contributed by atoms with Gasteiger partial charge in [0.2, 0.25) is 39.0 Å². The molecule has 4 fully saturated rings. The van der Waals surface area contributed by atoms with Crippen molar-refractivity contribution in [1.29, 1.82) is 0 Å². The van der Waals surface area contributed by atoms with Gasteiger partial charge in [-0.3, -0.25) is 19.1 Å². The van der Waals surface area contributed by atoms with Gasteiger partial charge in [0.15, 0.2) is 0 Å². The minimum atomic E-state index is -5.09. The number of carbonyl (C=O) groups excluding carboxylic acids is 4. The van der Waals surface area contributed by atoms with Crippen molar-refractivity contribution in [3.8, 4) is 11.6 Å². The van der Waals surface area contributed by atoms with E-state index in [9.17, 15) is 53.9 Å². The Kier molecular flexibility index (Phi) is 11.2. The summed E-state index contributed by atoms with van der Waals surface area (Å²) < 4.78 is 128. The lowest BCUT2D eigenvalue weighted by molar-refractivity contribution is -0.284. The molecular weight excluding hydrogens is 831 g/mol. The Labute approximate surface area is 340 Å². The van der Waals surface area contributed by atoms with E-state index >= 15 is 0 Å². The van der Waals surface area contributed by atoms with Crippen molar-refractivity contribution >= 4 is 44.9 Å². The van der Waals surface area contributed by atoms with E-state index in [1.54, 1.807) is 12.2 Å². The summed E-state index contributed by atoms with van der Waals surface area (Å²) >= 11 is 0. The van der Waals surface area contributed by atoms with E-state index in [0.717, 1.165) is 4.90 Å². The third-order valence-corrected chi connectivity index (χ3v) is 14.3. The highest BCUT2D eigenvalue weighted by Crippen LogP contribution is 2.49.